The molecule has 0 saturated heterocycles. The zero-order chi connectivity index (χ0) is 19.0. The topological polar surface area (TPSA) is 21.6 Å². The lowest BCUT2D eigenvalue weighted by Gasteiger charge is -2.13. The highest BCUT2D eigenvalue weighted by atomic mass is 19.1. The third-order valence-electron chi connectivity index (χ3n) is 4.60. The van der Waals surface area contributed by atoms with E-state index in [4.69, 9.17) is 4.74 Å². The molecule has 3 aromatic rings. The van der Waals surface area contributed by atoms with Gasteiger partial charge in [0.1, 0.15) is 35.2 Å². The number of hydrogen-bond acceptors (Lipinski definition) is 2. The molecule has 136 valence electrons. The molecule has 4 rings (SSSR count). The maximum Gasteiger partial charge on any atom is 0.223 e. The monoisotopic (exact) mass is 367 g/mol. The van der Waals surface area contributed by atoms with Crippen molar-refractivity contribution in [1.29, 1.82) is 0 Å². The number of hydrogen-bond donors (Lipinski definition) is 0. The lowest BCUT2D eigenvalue weighted by Crippen LogP contribution is -2.14. The zero-order valence-corrected chi connectivity index (χ0v) is 14.5. The fourth-order valence-corrected chi connectivity index (χ4v) is 3.19. The Morgan fingerprint density at radius 2 is 1.33 bits per heavy atom. The Bertz CT molecular complexity index is 977. The van der Waals surface area contributed by atoms with Crippen LogP contribution < -0.4 is 0 Å². The van der Waals surface area contributed by atoms with Gasteiger partial charge in [0, 0.05) is 0 Å². The van der Waals surface area contributed by atoms with Crippen LogP contribution in [0, 0.1) is 17.5 Å². The lowest BCUT2D eigenvalue weighted by molar-refractivity contribution is 0.213. The minimum Gasteiger partial charge on any atom is -0.472 e. The van der Waals surface area contributed by atoms with Gasteiger partial charge in [-0.25, -0.2) is 18.2 Å². The first kappa shape index (κ1) is 17.3. The number of aliphatic imine (C=N–C) groups is 1. The van der Waals surface area contributed by atoms with Gasteiger partial charge in [0.05, 0.1) is 0 Å². The molecule has 1 aliphatic heterocycles. The Hall–Kier alpha value is -3.08. The van der Waals surface area contributed by atoms with Crippen LogP contribution in [0.1, 0.15) is 24.1 Å². The smallest absolute Gasteiger partial charge is 0.223 e. The summed E-state index contributed by atoms with van der Waals surface area (Å²) in [5.41, 5.74) is 2.47. The second-order valence-corrected chi connectivity index (χ2v) is 6.43. The average Bonchev–Trinajstić information content (AvgIpc) is 3.04. The van der Waals surface area contributed by atoms with Gasteiger partial charge in [0.15, 0.2) is 0 Å². The Morgan fingerprint density at radius 3 is 1.93 bits per heavy atom. The van der Waals surface area contributed by atoms with E-state index in [1.807, 2.05) is 31.2 Å². The molecule has 0 radical (unpaired) electrons. The van der Waals surface area contributed by atoms with Gasteiger partial charge in [-0.2, -0.15) is 0 Å². The molecule has 1 aliphatic rings. The molecule has 0 N–H and O–H groups in total. The molecular weight excluding hydrogens is 351 g/mol. The van der Waals surface area contributed by atoms with Crippen molar-refractivity contribution < 1.29 is 17.9 Å². The summed E-state index contributed by atoms with van der Waals surface area (Å²) in [5.74, 6) is -1.71. The van der Waals surface area contributed by atoms with Crippen molar-refractivity contribution in [3.63, 3.8) is 0 Å². The first-order valence-corrected chi connectivity index (χ1v) is 8.57. The summed E-state index contributed by atoms with van der Waals surface area (Å²) in [6.07, 6.45) is -0.351. The third-order valence-corrected chi connectivity index (χ3v) is 4.60. The molecule has 0 spiro atoms. The van der Waals surface area contributed by atoms with Crippen LogP contribution in [0.4, 0.5) is 13.2 Å². The van der Waals surface area contributed by atoms with E-state index in [2.05, 4.69) is 4.99 Å². The van der Waals surface area contributed by atoms with Crippen molar-refractivity contribution in [2.24, 2.45) is 4.99 Å². The van der Waals surface area contributed by atoms with Crippen LogP contribution in [-0.4, -0.2) is 12.0 Å². The largest absolute Gasteiger partial charge is 0.472 e. The number of ether oxygens (including phenoxy) is 1. The Morgan fingerprint density at radius 1 is 0.778 bits per heavy atom. The van der Waals surface area contributed by atoms with E-state index in [-0.39, 0.29) is 29.4 Å². The van der Waals surface area contributed by atoms with E-state index in [0.29, 0.717) is 0 Å². The fourth-order valence-electron chi connectivity index (χ4n) is 3.19. The van der Waals surface area contributed by atoms with E-state index in [9.17, 15) is 13.2 Å². The normalized spacial score (nSPS) is 18.9. The van der Waals surface area contributed by atoms with Crippen LogP contribution in [0.3, 0.4) is 0 Å². The molecule has 0 aliphatic carbocycles. The second kappa shape index (κ2) is 6.91. The summed E-state index contributed by atoms with van der Waals surface area (Å²) >= 11 is 0. The summed E-state index contributed by atoms with van der Waals surface area (Å²) in [7, 11) is 0. The number of halogens is 3. The van der Waals surface area contributed by atoms with Gasteiger partial charge in [0.2, 0.25) is 5.90 Å². The Labute approximate surface area is 155 Å². The first-order chi connectivity index (χ1) is 13.0. The highest BCUT2D eigenvalue weighted by Crippen LogP contribution is 2.33. The standard InChI is InChI=1S/C22H16F3NO/c1-13-21(26-22(27-13)20-18(24)3-2-4-19(20)25)16-7-5-14(6-8-16)15-9-11-17(23)12-10-15/h2-13,21H,1H3/t13-,21+/m1/s1. The third kappa shape index (κ3) is 3.33. The molecule has 5 heteroatoms. The van der Waals surface area contributed by atoms with Crippen molar-refractivity contribution >= 4 is 5.90 Å². The maximum atomic E-state index is 14.0. The van der Waals surface area contributed by atoms with Crippen LogP contribution in [-0.2, 0) is 4.74 Å². The maximum absolute atomic E-state index is 14.0. The molecule has 0 aromatic heterocycles. The van der Waals surface area contributed by atoms with Gasteiger partial charge < -0.3 is 4.74 Å². The van der Waals surface area contributed by atoms with Crippen LogP contribution >= 0.6 is 0 Å². The summed E-state index contributed by atoms with van der Waals surface area (Å²) in [6.45, 7) is 1.81. The van der Waals surface area contributed by atoms with Crippen LogP contribution in [0.2, 0.25) is 0 Å². The summed E-state index contributed by atoms with van der Waals surface area (Å²) in [4.78, 5) is 4.41. The Balaban J connectivity index is 1.63. The molecule has 0 amide bonds. The molecular formula is C22H16F3NO. The SMILES string of the molecule is C[C@H]1OC(c2c(F)cccc2F)=N[C@@H]1c1ccc(-c2ccc(F)cc2)cc1. The van der Waals surface area contributed by atoms with E-state index >= 15 is 0 Å². The van der Waals surface area contributed by atoms with E-state index in [0.717, 1.165) is 16.7 Å². The zero-order valence-electron chi connectivity index (χ0n) is 14.5. The minimum absolute atomic E-state index is 0.0225. The molecule has 3 aromatic carbocycles. The highest BCUT2D eigenvalue weighted by Gasteiger charge is 2.32. The van der Waals surface area contributed by atoms with Crippen molar-refractivity contribution in [2.45, 2.75) is 19.1 Å². The molecule has 0 saturated carbocycles. The Kier molecular flexibility index (Phi) is 4.44. The van der Waals surface area contributed by atoms with E-state index in [1.165, 1.54) is 30.3 Å². The minimum atomic E-state index is -0.701. The summed E-state index contributed by atoms with van der Waals surface area (Å²) in [5, 5.41) is 0. The number of rotatable bonds is 3. The van der Waals surface area contributed by atoms with Crippen molar-refractivity contribution in [1.82, 2.24) is 0 Å². The van der Waals surface area contributed by atoms with Gasteiger partial charge in [0.25, 0.3) is 0 Å². The first-order valence-electron chi connectivity index (χ1n) is 8.57. The van der Waals surface area contributed by atoms with Crippen LogP contribution in [0.15, 0.2) is 71.7 Å². The van der Waals surface area contributed by atoms with E-state index < -0.39 is 11.6 Å². The highest BCUT2D eigenvalue weighted by molar-refractivity contribution is 5.96. The molecule has 2 atom stereocenters. The van der Waals surface area contributed by atoms with Crippen LogP contribution in [0.5, 0.6) is 0 Å². The number of nitrogens with zero attached hydrogens (tertiary/aromatic N) is 1. The molecule has 1 heterocycles. The second-order valence-electron chi connectivity index (χ2n) is 6.43. The quantitative estimate of drug-likeness (QED) is 0.584. The molecule has 0 fully saturated rings. The van der Waals surface area contributed by atoms with Crippen molar-refractivity contribution in [2.75, 3.05) is 0 Å². The van der Waals surface area contributed by atoms with Crippen molar-refractivity contribution in [3.8, 4) is 11.1 Å². The summed E-state index contributed by atoms with van der Waals surface area (Å²) in [6, 6.07) is 17.2. The van der Waals surface area contributed by atoms with Crippen molar-refractivity contribution in [3.05, 3.63) is 95.3 Å². The van der Waals surface area contributed by atoms with Gasteiger partial charge in [-0.15, -0.1) is 0 Å². The molecule has 0 unspecified atom stereocenters. The summed E-state index contributed by atoms with van der Waals surface area (Å²) < 4.78 is 46.7. The molecule has 0 bridgehead atoms. The predicted molar refractivity (Wildman–Crippen MR) is 98.0 cm³/mol. The molecule has 2 nitrogen and oxygen atoms in total. The number of benzene rings is 3. The lowest BCUT2D eigenvalue weighted by atomic mass is 9.99. The molecule has 27 heavy (non-hydrogen) atoms. The predicted octanol–water partition coefficient (Wildman–Crippen LogP) is 5.68. The van der Waals surface area contributed by atoms with Gasteiger partial charge in [-0.3, -0.25) is 0 Å². The fraction of sp³-hybridized carbons (Fsp3) is 0.136. The van der Waals surface area contributed by atoms with Gasteiger partial charge in [-0.1, -0.05) is 42.5 Å². The van der Waals surface area contributed by atoms with Gasteiger partial charge in [-0.05, 0) is 47.9 Å². The van der Waals surface area contributed by atoms with Gasteiger partial charge >= 0.3 is 0 Å². The van der Waals surface area contributed by atoms with Crippen LogP contribution in [0.25, 0.3) is 11.1 Å². The average molecular weight is 367 g/mol. The van der Waals surface area contributed by atoms with E-state index in [1.54, 1.807) is 12.1 Å².